The molecule has 0 bridgehead atoms. The fourth-order valence-corrected chi connectivity index (χ4v) is 2.66. The van der Waals surface area contributed by atoms with Crippen molar-refractivity contribution in [3.8, 4) is 0 Å². The summed E-state index contributed by atoms with van der Waals surface area (Å²) in [5.41, 5.74) is 2.98. The van der Waals surface area contributed by atoms with Gasteiger partial charge in [-0.1, -0.05) is 19.1 Å². The quantitative estimate of drug-likeness (QED) is 0.801. The van der Waals surface area contributed by atoms with Crippen molar-refractivity contribution in [3.63, 3.8) is 0 Å². The average Bonchev–Trinajstić information content (AvgIpc) is 2.86. The fraction of sp³-hybridized carbons (Fsp3) is 0.471. The third-order valence-corrected chi connectivity index (χ3v) is 4.05. The number of carboxylic acids is 1. The second kappa shape index (κ2) is 7.26. The predicted octanol–water partition coefficient (Wildman–Crippen LogP) is 1.68. The second-order valence-electron chi connectivity index (χ2n) is 6.08. The van der Waals surface area contributed by atoms with Crippen LogP contribution in [0.15, 0.2) is 18.2 Å². The summed E-state index contributed by atoms with van der Waals surface area (Å²) in [4.78, 5) is 35.6. The van der Waals surface area contributed by atoms with Crippen molar-refractivity contribution in [2.24, 2.45) is 5.92 Å². The van der Waals surface area contributed by atoms with Crippen LogP contribution in [0.1, 0.15) is 30.9 Å². The number of nitrogens with zero attached hydrogens (tertiary/aromatic N) is 1. The van der Waals surface area contributed by atoms with E-state index in [2.05, 4.69) is 5.32 Å². The van der Waals surface area contributed by atoms with Crippen LogP contribution in [0, 0.1) is 5.92 Å². The summed E-state index contributed by atoms with van der Waals surface area (Å²) in [5, 5.41) is 11.7. The zero-order valence-electron chi connectivity index (χ0n) is 13.5. The first-order valence-electron chi connectivity index (χ1n) is 7.75. The lowest BCUT2D eigenvalue weighted by Crippen LogP contribution is -2.33. The Bertz CT molecular complexity index is 627. The zero-order chi connectivity index (χ0) is 17.0. The topological polar surface area (TPSA) is 86.7 Å². The molecule has 0 saturated carbocycles. The molecule has 6 nitrogen and oxygen atoms in total. The van der Waals surface area contributed by atoms with Crippen LogP contribution in [-0.2, 0) is 27.2 Å². The van der Waals surface area contributed by atoms with Gasteiger partial charge in [0.25, 0.3) is 0 Å². The minimum absolute atomic E-state index is 0.0153. The van der Waals surface area contributed by atoms with Crippen LogP contribution in [-0.4, -0.2) is 41.4 Å². The number of carboxylic acid groups (broad SMARTS) is 1. The van der Waals surface area contributed by atoms with Gasteiger partial charge in [-0.3, -0.25) is 14.4 Å². The Morgan fingerprint density at radius 3 is 2.83 bits per heavy atom. The molecule has 0 saturated heterocycles. The SMILES string of the molecule is CC(CN(C)C(=O)CCCc1ccc2c(c1)CC(=O)N2)C(=O)O. The fourth-order valence-electron chi connectivity index (χ4n) is 2.66. The highest BCUT2D eigenvalue weighted by Crippen LogP contribution is 2.24. The van der Waals surface area contributed by atoms with Gasteiger partial charge < -0.3 is 15.3 Å². The molecule has 2 N–H and O–H groups in total. The number of fused-ring (bicyclic) bond motifs is 1. The van der Waals surface area contributed by atoms with E-state index in [0.29, 0.717) is 19.3 Å². The van der Waals surface area contributed by atoms with Gasteiger partial charge in [0.15, 0.2) is 0 Å². The molecule has 23 heavy (non-hydrogen) atoms. The number of hydrogen-bond acceptors (Lipinski definition) is 3. The summed E-state index contributed by atoms with van der Waals surface area (Å²) in [6.07, 6.45) is 2.26. The monoisotopic (exact) mass is 318 g/mol. The number of anilines is 1. The van der Waals surface area contributed by atoms with Gasteiger partial charge in [0.2, 0.25) is 11.8 Å². The molecule has 0 aliphatic carbocycles. The number of amides is 2. The molecule has 1 unspecified atom stereocenters. The Morgan fingerprint density at radius 2 is 2.13 bits per heavy atom. The van der Waals surface area contributed by atoms with E-state index in [1.165, 1.54) is 4.90 Å². The summed E-state index contributed by atoms with van der Waals surface area (Å²) in [6, 6.07) is 5.87. The minimum atomic E-state index is -0.897. The van der Waals surface area contributed by atoms with Gasteiger partial charge in [-0.15, -0.1) is 0 Å². The van der Waals surface area contributed by atoms with E-state index < -0.39 is 11.9 Å². The molecule has 0 fully saturated rings. The van der Waals surface area contributed by atoms with E-state index >= 15 is 0 Å². The van der Waals surface area contributed by atoms with Crippen molar-refractivity contribution in [2.45, 2.75) is 32.6 Å². The largest absolute Gasteiger partial charge is 0.481 e. The Morgan fingerprint density at radius 1 is 1.39 bits per heavy atom. The molecule has 0 aromatic heterocycles. The Labute approximate surface area is 135 Å². The number of rotatable bonds is 7. The van der Waals surface area contributed by atoms with E-state index in [-0.39, 0.29) is 18.4 Å². The summed E-state index contributed by atoms with van der Waals surface area (Å²) >= 11 is 0. The molecule has 1 aliphatic rings. The molecule has 2 rings (SSSR count). The summed E-state index contributed by atoms with van der Waals surface area (Å²) in [5.74, 6) is -1.49. The molecule has 0 spiro atoms. The molecular weight excluding hydrogens is 296 g/mol. The lowest BCUT2D eigenvalue weighted by molar-refractivity contribution is -0.142. The van der Waals surface area contributed by atoms with Crippen LogP contribution in [0.25, 0.3) is 0 Å². The minimum Gasteiger partial charge on any atom is -0.481 e. The molecule has 6 heteroatoms. The molecular formula is C17H22N2O4. The summed E-state index contributed by atoms with van der Waals surface area (Å²) in [7, 11) is 1.63. The van der Waals surface area contributed by atoms with Crippen LogP contribution >= 0.6 is 0 Å². The van der Waals surface area contributed by atoms with Crippen LogP contribution in [0.3, 0.4) is 0 Å². The predicted molar refractivity (Wildman–Crippen MR) is 86.2 cm³/mol. The van der Waals surface area contributed by atoms with Gasteiger partial charge in [0.05, 0.1) is 12.3 Å². The zero-order valence-corrected chi connectivity index (χ0v) is 13.5. The highest BCUT2D eigenvalue weighted by Gasteiger charge is 2.18. The summed E-state index contributed by atoms with van der Waals surface area (Å²) in [6.45, 7) is 1.81. The van der Waals surface area contributed by atoms with E-state index in [1.54, 1.807) is 14.0 Å². The molecule has 2 amide bonds. The van der Waals surface area contributed by atoms with Crippen molar-refractivity contribution >= 4 is 23.5 Å². The standard InChI is InChI=1S/C17H22N2O4/c1-11(17(22)23)10-19(2)16(21)5-3-4-12-6-7-14-13(8-12)9-15(20)18-14/h6-8,11H,3-5,9-10H2,1-2H3,(H,18,20)(H,22,23). The molecule has 1 heterocycles. The third kappa shape index (κ3) is 4.55. The van der Waals surface area contributed by atoms with Crippen molar-refractivity contribution in [2.75, 3.05) is 18.9 Å². The van der Waals surface area contributed by atoms with Crippen molar-refractivity contribution in [1.29, 1.82) is 0 Å². The average molecular weight is 318 g/mol. The first-order valence-corrected chi connectivity index (χ1v) is 7.75. The summed E-state index contributed by atoms with van der Waals surface area (Å²) < 4.78 is 0. The van der Waals surface area contributed by atoms with Crippen LogP contribution < -0.4 is 5.32 Å². The smallest absolute Gasteiger partial charge is 0.308 e. The van der Waals surface area contributed by atoms with Gasteiger partial charge in [0, 0.05) is 25.7 Å². The highest BCUT2D eigenvalue weighted by molar-refractivity contribution is 5.99. The van der Waals surface area contributed by atoms with E-state index in [1.807, 2.05) is 18.2 Å². The van der Waals surface area contributed by atoms with Crippen molar-refractivity contribution in [3.05, 3.63) is 29.3 Å². The molecule has 1 atom stereocenters. The molecule has 1 aromatic rings. The van der Waals surface area contributed by atoms with Gasteiger partial charge in [-0.2, -0.15) is 0 Å². The Hall–Kier alpha value is -2.37. The van der Waals surface area contributed by atoms with Gasteiger partial charge >= 0.3 is 5.97 Å². The maximum Gasteiger partial charge on any atom is 0.308 e. The number of aryl methyl sites for hydroxylation is 1. The van der Waals surface area contributed by atoms with E-state index in [4.69, 9.17) is 5.11 Å². The number of nitrogens with one attached hydrogen (secondary N) is 1. The number of carbonyl (C=O) groups is 3. The van der Waals surface area contributed by atoms with Crippen LogP contribution in [0.2, 0.25) is 0 Å². The Balaban J connectivity index is 1.79. The highest BCUT2D eigenvalue weighted by atomic mass is 16.4. The maximum atomic E-state index is 12.0. The third-order valence-electron chi connectivity index (χ3n) is 4.05. The maximum absolute atomic E-state index is 12.0. The first kappa shape index (κ1) is 17.0. The lowest BCUT2D eigenvalue weighted by Gasteiger charge is -2.19. The molecule has 1 aliphatic heterocycles. The Kier molecular flexibility index (Phi) is 5.36. The molecule has 0 radical (unpaired) electrons. The molecule has 124 valence electrons. The normalized spacial score (nSPS) is 14.1. The lowest BCUT2D eigenvalue weighted by atomic mass is 10.0. The van der Waals surface area contributed by atoms with Crippen LogP contribution in [0.4, 0.5) is 5.69 Å². The first-order chi connectivity index (χ1) is 10.9. The van der Waals surface area contributed by atoms with Gasteiger partial charge in [-0.05, 0) is 30.0 Å². The number of carbonyl (C=O) groups excluding carboxylic acids is 2. The van der Waals surface area contributed by atoms with Crippen molar-refractivity contribution in [1.82, 2.24) is 4.90 Å². The van der Waals surface area contributed by atoms with Gasteiger partial charge in [0.1, 0.15) is 0 Å². The van der Waals surface area contributed by atoms with E-state index in [9.17, 15) is 14.4 Å². The second-order valence-corrected chi connectivity index (χ2v) is 6.08. The van der Waals surface area contributed by atoms with Gasteiger partial charge in [-0.25, -0.2) is 0 Å². The number of benzene rings is 1. The van der Waals surface area contributed by atoms with Crippen molar-refractivity contribution < 1.29 is 19.5 Å². The van der Waals surface area contributed by atoms with Crippen LogP contribution in [0.5, 0.6) is 0 Å². The number of aliphatic carboxylic acids is 1. The molecule has 1 aromatic carbocycles. The number of hydrogen-bond donors (Lipinski definition) is 2. The van der Waals surface area contributed by atoms with E-state index in [0.717, 1.165) is 23.2 Å².